The smallest absolute Gasteiger partial charge is 0.165 e. The highest BCUT2D eigenvalue weighted by atomic mass is 19.1. The van der Waals surface area contributed by atoms with E-state index in [2.05, 4.69) is 12.2 Å². The van der Waals surface area contributed by atoms with Crippen molar-refractivity contribution >= 4 is 0 Å². The number of aryl methyl sites for hydroxylation is 1. The Hall–Kier alpha value is -1.81. The van der Waals surface area contributed by atoms with E-state index in [1.54, 1.807) is 6.07 Å². The predicted octanol–water partition coefficient (Wildman–Crippen LogP) is 4.08. The second-order valence-electron chi connectivity index (χ2n) is 4.94. The minimum Gasteiger partial charge on any atom is -0.494 e. The Balaban J connectivity index is 2.32. The zero-order chi connectivity index (χ0) is 15.2. The first kappa shape index (κ1) is 15.6. The highest BCUT2D eigenvalue weighted by Crippen LogP contribution is 2.27. The van der Waals surface area contributed by atoms with Crippen LogP contribution in [0.4, 0.5) is 4.39 Å². The van der Waals surface area contributed by atoms with Crippen LogP contribution in [0.3, 0.4) is 0 Å². The van der Waals surface area contributed by atoms with Crippen molar-refractivity contribution in [2.45, 2.75) is 32.7 Å². The number of hydrogen-bond donors (Lipinski definition) is 1. The minimum atomic E-state index is -0.361. The monoisotopic (exact) mass is 291 g/mol. The molecular formula is C17H22FNO2. The van der Waals surface area contributed by atoms with Crippen molar-refractivity contribution in [3.8, 4) is 5.75 Å². The summed E-state index contributed by atoms with van der Waals surface area (Å²) in [4.78, 5) is 0. The highest BCUT2D eigenvalue weighted by molar-refractivity contribution is 5.34. The Morgan fingerprint density at radius 2 is 2.05 bits per heavy atom. The van der Waals surface area contributed by atoms with Crippen molar-refractivity contribution < 1.29 is 13.5 Å². The van der Waals surface area contributed by atoms with Crippen molar-refractivity contribution in [1.29, 1.82) is 0 Å². The summed E-state index contributed by atoms with van der Waals surface area (Å²) in [6, 6.07) is 8.79. The lowest BCUT2D eigenvalue weighted by molar-refractivity contribution is 0.384. The molecule has 1 heterocycles. The van der Waals surface area contributed by atoms with Gasteiger partial charge < -0.3 is 14.5 Å². The maximum absolute atomic E-state index is 13.9. The van der Waals surface area contributed by atoms with E-state index in [-0.39, 0.29) is 17.6 Å². The fourth-order valence-corrected chi connectivity index (χ4v) is 2.27. The van der Waals surface area contributed by atoms with Crippen LogP contribution < -0.4 is 10.1 Å². The first-order valence-electron chi connectivity index (χ1n) is 7.35. The standard InChI is InChI=1S/C17H22FNO2/c1-4-10-19-17(16-9-7-13(5-2)21-16)12-6-8-15(20-3)14(18)11-12/h6-9,11,17,19H,4-5,10H2,1-3H3. The summed E-state index contributed by atoms with van der Waals surface area (Å²) < 4.78 is 24.7. The van der Waals surface area contributed by atoms with Crippen molar-refractivity contribution in [3.63, 3.8) is 0 Å². The fraction of sp³-hybridized carbons (Fsp3) is 0.412. The lowest BCUT2D eigenvalue weighted by Gasteiger charge is -2.17. The molecule has 0 radical (unpaired) electrons. The average molecular weight is 291 g/mol. The Labute approximate surface area is 125 Å². The second-order valence-corrected chi connectivity index (χ2v) is 4.94. The SMILES string of the molecule is CCCNC(c1ccc(OC)c(F)c1)c1ccc(CC)o1. The van der Waals surface area contributed by atoms with Gasteiger partial charge in [-0.05, 0) is 42.8 Å². The molecule has 0 fully saturated rings. The van der Waals surface area contributed by atoms with Crippen LogP contribution in [0.5, 0.6) is 5.75 Å². The largest absolute Gasteiger partial charge is 0.494 e. The first-order valence-corrected chi connectivity index (χ1v) is 7.35. The molecule has 114 valence electrons. The molecule has 2 rings (SSSR count). The van der Waals surface area contributed by atoms with E-state index >= 15 is 0 Å². The summed E-state index contributed by atoms with van der Waals surface area (Å²) in [5.74, 6) is 1.63. The van der Waals surface area contributed by atoms with E-state index in [9.17, 15) is 4.39 Å². The van der Waals surface area contributed by atoms with Crippen molar-refractivity contribution in [1.82, 2.24) is 5.32 Å². The van der Waals surface area contributed by atoms with Gasteiger partial charge in [-0.3, -0.25) is 0 Å². The molecule has 0 saturated heterocycles. The molecule has 1 atom stereocenters. The molecule has 0 aliphatic heterocycles. The Kier molecular flexibility index (Phi) is 5.39. The third kappa shape index (κ3) is 3.64. The van der Waals surface area contributed by atoms with Gasteiger partial charge in [0.25, 0.3) is 0 Å². The van der Waals surface area contributed by atoms with Crippen LogP contribution in [0.1, 0.15) is 43.4 Å². The van der Waals surface area contributed by atoms with Gasteiger partial charge in [0.05, 0.1) is 13.2 Å². The number of halogens is 1. The van der Waals surface area contributed by atoms with Gasteiger partial charge >= 0.3 is 0 Å². The summed E-state index contributed by atoms with van der Waals surface area (Å²) in [5, 5.41) is 3.40. The Morgan fingerprint density at radius 1 is 1.24 bits per heavy atom. The average Bonchev–Trinajstić information content (AvgIpc) is 2.96. The second kappa shape index (κ2) is 7.27. The molecule has 0 saturated carbocycles. The van der Waals surface area contributed by atoms with E-state index < -0.39 is 0 Å². The van der Waals surface area contributed by atoms with Crippen LogP contribution in [-0.2, 0) is 6.42 Å². The summed E-state index contributed by atoms with van der Waals surface area (Å²) in [6.07, 6.45) is 1.84. The van der Waals surface area contributed by atoms with Crippen molar-refractivity contribution in [2.24, 2.45) is 0 Å². The number of methoxy groups -OCH3 is 1. The van der Waals surface area contributed by atoms with E-state index in [1.165, 1.54) is 13.2 Å². The molecule has 0 aliphatic rings. The molecule has 4 heteroatoms. The molecule has 1 aromatic carbocycles. The van der Waals surface area contributed by atoms with E-state index in [0.717, 1.165) is 36.5 Å². The molecule has 3 nitrogen and oxygen atoms in total. The van der Waals surface area contributed by atoms with Crippen LogP contribution in [0.25, 0.3) is 0 Å². The zero-order valence-corrected chi connectivity index (χ0v) is 12.8. The minimum absolute atomic E-state index is 0.148. The molecule has 0 amide bonds. The molecule has 0 aliphatic carbocycles. The van der Waals surface area contributed by atoms with Gasteiger partial charge in [0.15, 0.2) is 11.6 Å². The molecule has 0 spiro atoms. The van der Waals surface area contributed by atoms with Crippen LogP contribution in [0.2, 0.25) is 0 Å². The summed E-state index contributed by atoms with van der Waals surface area (Å²) in [5.41, 5.74) is 0.832. The topological polar surface area (TPSA) is 34.4 Å². The van der Waals surface area contributed by atoms with Gasteiger partial charge in [0, 0.05) is 6.42 Å². The summed E-state index contributed by atoms with van der Waals surface area (Å²) >= 11 is 0. The number of benzene rings is 1. The quantitative estimate of drug-likeness (QED) is 0.834. The lowest BCUT2D eigenvalue weighted by atomic mass is 10.0. The third-order valence-corrected chi connectivity index (χ3v) is 3.42. The molecular weight excluding hydrogens is 269 g/mol. The van der Waals surface area contributed by atoms with Crippen LogP contribution >= 0.6 is 0 Å². The third-order valence-electron chi connectivity index (χ3n) is 3.42. The van der Waals surface area contributed by atoms with E-state index in [4.69, 9.17) is 9.15 Å². The maximum atomic E-state index is 13.9. The number of rotatable bonds is 7. The highest BCUT2D eigenvalue weighted by Gasteiger charge is 2.18. The number of nitrogens with one attached hydrogen (secondary N) is 1. The first-order chi connectivity index (χ1) is 10.2. The van der Waals surface area contributed by atoms with Crippen molar-refractivity contribution in [2.75, 3.05) is 13.7 Å². The molecule has 1 aromatic heterocycles. The van der Waals surface area contributed by atoms with Crippen molar-refractivity contribution in [3.05, 3.63) is 53.2 Å². The van der Waals surface area contributed by atoms with Gasteiger partial charge in [0.2, 0.25) is 0 Å². The maximum Gasteiger partial charge on any atom is 0.165 e. The Bertz CT molecular complexity index is 580. The molecule has 1 N–H and O–H groups in total. The van der Waals surface area contributed by atoms with Crippen LogP contribution in [0, 0.1) is 5.82 Å². The van der Waals surface area contributed by atoms with E-state index in [0.29, 0.717) is 0 Å². The molecule has 0 bridgehead atoms. The van der Waals surface area contributed by atoms with Crippen LogP contribution in [-0.4, -0.2) is 13.7 Å². The normalized spacial score (nSPS) is 12.4. The molecule has 2 aromatic rings. The zero-order valence-electron chi connectivity index (χ0n) is 12.8. The molecule has 1 unspecified atom stereocenters. The van der Waals surface area contributed by atoms with Gasteiger partial charge in [0.1, 0.15) is 11.5 Å². The number of ether oxygens (including phenoxy) is 1. The number of furan rings is 1. The lowest BCUT2D eigenvalue weighted by Crippen LogP contribution is -2.23. The predicted molar refractivity (Wildman–Crippen MR) is 81.2 cm³/mol. The summed E-state index contributed by atoms with van der Waals surface area (Å²) in [7, 11) is 1.46. The molecule has 21 heavy (non-hydrogen) atoms. The van der Waals surface area contributed by atoms with Gasteiger partial charge in [-0.2, -0.15) is 0 Å². The Morgan fingerprint density at radius 3 is 2.62 bits per heavy atom. The van der Waals surface area contributed by atoms with Gasteiger partial charge in [-0.25, -0.2) is 4.39 Å². The fourth-order valence-electron chi connectivity index (χ4n) is 2.27. The number of hydrogen-bond acceptors (Lipinski definition) is 3. The summed E-state index contributed by atoms with van der Waals surface area (Å²) in [6.45, 7) is 4.98. The van der Waals surface area contributed by atoms with E-state index in [1.807, 2.05) is 25.1 Å². The van der Waals surface area contributed by atoms with Gasteiger partial charge in [-0.15, -0.1) is 0 Å². The van der Waals surface area contributed by atoms with Gasteiger partial charge in [-0.1, -0.05) is 19.9 Å². The van der Waals surface area contributed by atoms with Crippen LogP contribution in [0.15, 0.2) is 34.7 Å².